The third kappa shape index (κ3) is 5.33. The van der Waals surface area contributed by atoms with Gasteiger partial charge in [-0.3, -0.25) is 0 Å². The molecular weight excluding hydrogens is 757 g/mol. The average Bonchev–Trinajstić information content (AvgIpc) is 4.02. The lowest BCUT2D eigenvalue weighted by atomic mass is 10.0. The van der Waals surface area contributed by atoms with Gasteiger partial charge in [-0.25, -0.2) is 0 Å². The molecule has 0 saturated heterocycles. The molecule has 0 atom stereocenters. The Morgan fingerprint density at radius 3 is 1.66 bits per heavy atom. The number of rotatable bonds is 6. The summed E-state index contributed by atoms with van der Waals surface area (Å²) in [5, 5.41) is 9.20. The number of furan rings is 2. The molecule has 0 spiro atoms. The predicted molar refractivity (Wildman–Crippen MR) is 258 cm³/mol. The van der Waals surface area contributed by atoms with Gasteiger partial charge in [0, 0.05) is 49.4 Å². The molecule has 3 aromatic heterocycles. The number of benzene rings is 10. The fourth-order valence-corrected chi connectivity index (χ4v) is 9.69. The smallest absolute Gasteiger partial charge is 0.143 e. The summed E-state index contributed by atoms with van der Waals surface area (Å²) in [5.74, 6) is 0. The molecule has 0 aliphatic carbocycles. The number of aromatic nitrogens is 1. The molecule has 10 aromatic carbocycles. The minimum atomic E-state index is 0.856. The fraction of sp³-hybridized carbons (Fsp3) is 0. The summed E-state index contributed by atoms with van der Waals surface area (Å²) in [6.45, 7) is 0. The molecule has 4 heteroatoms. The first-order chi connectivity index (χ1) is 30.7. The van der Waals surface area contributed by atoms with Gasteiger partial charge >= 0.3 is 0 Å². The van der Waals surface area contributed by atoms with E-state index in [0.717, 1.165) is 99.7 Å². The molecule has 0 aliphatic heterocycles. The van der Waals surface area contributed by atoms with Crippen LogP contribution in [-0.2, 0) is 0 Å². The van der Waals surface area contributed by atoms with Crippen LogP contribution in [0.1, 0.15) is 0 Å². The fourth-order valence-electron chi connectivity index (χ4n) is 9.69. The lowest BCUT2D eigenvalue weighted by Crippen LogP contribution is -2.10. The molecule has 0 fully saturated rings. The van der Waals surface area contributed by atoms with Crippen molar-refractivity contribution in [1.82, 2.24) is 4.57 Å². The van der Waals surface area contributed by atoms with Crippen LogP contribution in [0.5, 0.6) is 0 Å². The maximum absolute atomic E-state index is 6.70. The standard InChI is InChI=1S/C58H36N2O2/c1-2-14-45-39(11-1)27-33-49-57-53(20-10-22-56(57)62-58(45)49)59(43-31-25-38(26-32-43)41-28-34-55-50(36-41)48-17-5-8-21-54(48)61-55)42-29-23-37(24-30-42)40-12-9-13-44(35-40)60-51-18-6-3-15-46(51)47-16-4-7-19-52(47)60/h1-36H. The van der Waals surface area contributed by atoms with Gasteiger partial charge in [0.05, 0.1) is 22.1 Å². The number of nitrogens with zero attached hydrogens (tertiary/aromatic N) is 2. The molecule has 0 bridgehead atoms. The third-order valence-corrected chi connectivity index (χ3v) is 12.6. The highest BCUT2D eigenvalue weighted by atomic mass is 16.3. The van der Waals surface area contributed by atoms with E-state index < -0.39 is 0 Å². The van der Waals surface area contributed by atoms with E-state index in [1.807, 2.05) is 12.1 Å². The summed E-state index contributed by atoms with van der Waals surface area (Å²) in [6, 6.07) is 78.0. The van der Waals surface area contributed by atoms with Gasteiger partial charge in [0.25, 0.3) is 0 Å². The van der Waals surface area contributed by atoms with Gasteiger partial charge in [-0.2, -0.15) is 0 Å². The van der Waals surface area contributed by atoms with Crippen LogP contribution in [0.3, 0.4) is 0 Å². The van der Waals surface area contributed by atoms with Crippen molar-refractivity contribution in [2.45, 2.75) is 0 Å². The lowest BCUT2D eigenvalue weighted by molar-refractivity contribution is 0.669. The molecule has 0 unspecified atom stereocenters. The Labute approximate surface area is 356 Å². The van der Waals surface area contributed by atoms with Crippen LogP contribution in [0.25, 0.3) is 104 Å². The van der Waals surface area contributed by atoms with Crippen LogP contribution in [0.4, 0.5) is 17.1 Å². The predicted octanol–water partition coefficient (Wildman–Crippen LogP) is 16.5. The minimum Gasteiger partial charge on any atom is -0.456 e. The first-order valence-corrected chi connectivity index (χ1v) is 21.1. The summed E-state index contributed by atoms with van der Waals surface area (Å²) in [5.41, 5.74) is 14.8. The van der Waals surface area contributed by atoms with Crippen molar-refractivity contribution in [3.8, 4) is 27.9 Å². The van der Waals surface area contributed by atoms with Crippen molar-refractivity contribution in [2.24, 2.45) is 0 Å². The number of anilines is 3. The second kappa shape index (κ2) is 13.6. The van der Waals surface area contributed by atoms with Crippen molar-refractivity contribution < 1.29 is 8.83 Å². The highest BCUT2D eigenvalue weighted by Gasteiger charge is 2.21. The Hall–Kier alpha value is -8.34. The Bertz CT molecular complexity index is 3810. The van der Waals surface area contributed by atoms with E-state index in [0.29, 0.717) is 0 Å². The van der Waals surface area contributed by atoms with Crippen LogP contribution in [0.2, 0.25) is 0 Å². The Kier molecular flexibility index (Phi) is 7.57. The lowest BCUT2D eigenvalue weighted by Gasteiger charge is -2.26. The number of hydrogen-bond acceptors (Lipinski definition) is 3. The van der Waals surface area contributed by atoms with Gasteiger partial charge in [-0.1, -0.05) is 133 Å². The highest BCUT2D eigenvalue weighted by Crippen LogP contribution is 2.45. The first-order valence-electron chi connectivity index (χ1n) is 21.1. The van der Waals surface area contributed by atoms with Crippen molar-refractivity contribution in [1.29, 1.82) is 0 Å². The topological polar surface area (TPSA) is 34.5 Å². The summed E-state index contributed by atoms with van der Waals surface area (Å²) in [7, 11) is 0. The molecule has 0 amide bonds. The van der Waals surface area contributed by atoms with Crippen molar-refractivity contribution in [2.75, 3.05) is 4.90 Å². The van der Waals surface area contributed by atoms with E-state index in [1.165, 1.54) is 21.8 Å². The second-order valence-corrected chi connectivity index (χ2v) is 16.1. The summed E-state index contributed by atoms with van der Waals surface area (Å²) < 4.78 is 15.2. The van der Waals surface area contributed by atoms with Gasteiger partial charge in [-0.05, 0) is 113 Å². The molecule has 0 saturated carbocycles. The van der Waals surface area contributed by atoms with Crippen molar-refractivity contribution in [3.05, 3.63) is 218 Å². The van der Waals surface area contributed by atoms with Gasteiger partial charge in [-0.15, -0.1) is 0 Å². The summed E-state index contributed by atoms with van der Waals surface area (Å²) in [6.07, 6.45) is 0. The molecule has 0 aliphatic rings. The molecule has 3 heterocycles. The Morgan fingerprint density at radius 2 is 0.919 bits per heavy atom. The Balaban J connectivity index is 0.940. The van der Waals surface area contributed by atoms with Gasteiger partial charge in [0.1, 0.15) is 22.3 Å². The van der Waals surface area contributed by atoms with Crippen LogP contribution in [0.15, 0.2) is 227 Å². The molecule has 4 nitrogen and oxygen atoms in total. The third-order valence-electron chi connectivity index (χ3n) is 12.6. The number of fused-ring (bicyclic) bond motifs is 11. The normalized spacial score (nSPS) is 11.9. The average molecular weight is 793 g/mol. The zero-order valence-corrected chi connectivity index (χ0v) is 33.5. The van der Waals surface area contributed by atoms with Crippen LogP contribution >= 0.6 is 0 Å². The van der Waals surface area contributed by atoms with E-state index >= 15 is 0 Å². The van der Waals surface area contributed by atoms with Crippen molar-refractivity contribution in [3.63, 3.8) is 0 Å². The second-order valence-electron chi connectivity index (χ2n) is 16.1. The van der Waals surface area contributed by atoms with Crippen molar-refractivity contribution >= 4 is 93.5 Å². The quantitative estimate of drug-likeness (QED) is 0.168. The van der Waals surface area contributed by atoms with Crippen LogP contribution in [-0.4, -0.2) is 4.57 Å². The van der Waals surface area contributed by atoms with Gasteiger partial charge < -0.3 is 18.3 Å². The molecule has 13 rings (SSSR count). The Morgan fingerprint density at radius 1 is 0.339 bits per heavy atom. The van der Waals surface area contributed by atoms with Gasteiger partial charge in [0.15, 0.2) is 0 Å². The summed E-state index contributed by atoms with van der Waals surface area (Å²) in [4.78, 5) is 2.36. The zero-order valence-electron chi connectivity index (χ0n) is 33.5. The molecule has 13 aromatic rings. The van der Waals surface area contributed by atoms with E-state index in [4.69, 9.17) is 8.83 Å². The maximum Gasteiger partial charge on any atom is 0.143 e. The SMILES string of the molecule is c1cc(-c2ccc(N(c3ccc(-c4ccc5oc6ccccc6c5c4)cc3)c3cccc4oc5c6ccccc6ccc5c34)cc2)cc(-n2c3ccccc3c3ccccc32)c1. The van der Waals surface area contributed by atoms with Crippen LogP contribution in [0, 0.1) is 0 Å². The number of hydrogen-bond donors (Lipinski definition) is 0. The first kappa shape index (κ1) is 34.5. The summed E-state index contributed by atoms with van der Waals surface area (Å²) >= 11 is 0. The monoisotopic (exact) mass is 792 g/mol. The van der Waals surface area contributed by atoms with E-state index in [-0.39, 0.29) is 0 Å². The van der Waals surface area contributed by atoms with Gasteiger partial charge in [0.2, 0.25) is 0 Å². The molecule has 290 valence electrons. The van der Waals surface area contributed by atoms with E-state index in [9.17, 15) is 0 Å². The largest absolute Gasteiger partial charge is 0.456 e. The van der Waals surface area contributed by atoms with E-state index in [2.05, 4.69) is 216 Å². The molecule has 0 radical (unpaired) electrons. The zero-order chi connectivity index (χ0) is 40.7. The molecular formula is C58H36N2O2. The molecule has 0 N–H and O–H groups in total. The molecule has 62 heavy (non-hydrogen) atoms. The minimum absolute atomic E-state index is 0.856. The maximum atomic E-state index is 6.70. The van der Waals surface area contributed by atoms with Crippen LogP contribution < -0.4 is 4.90 Å². The number of para-hydroxylation sites is 3. The van der Waals surface area contributed by atoms with E-state index in [1.54, 1.807) is 0 Å². The highest BCUT2D eigenvalue weighted by molar-refractivity contribution is 6.19.